The number of fused-ring (bicyclic) bond motifs is 3. The molecule has 3 heterocycles. The van der Waals surface area contributed by atoms with E-state index < -0.39 is 6.10 Å². The van der Waals surface area contributed by atoms with E-state index in [1.54, 1.807) is 11.1 Å². The fourth-order valence-electron chi connectivity index (χ4n) is 3.44. The smallest absolute Gasteiger partial charge is 0.251 e. The van der Waals surface area contributed by atoms with E-state index in [1.165, 1.54) is 6.92 Å². The number of halogens is 1. The van der Waals surface area contributed by atoms with Crippen LogP contribution < -0.4 is 0 Å². The van der Waals surface area contributed by atoms with Gasteiger partial charge in [0.1, 0.15) is 11.9 Å². The normalized spacial score (nSPS) is 17.3. The van der Waals surface area contributed by atoms with Gasteiger partial charge in [-0.15, -0.1) is 10.2 Å². The summed E-state index contributed by atoms with van der Waals surface area (Å²) in [5, 5.41) is 18.2. The van der Waals surface area contributed by atoms with Crippen molar-refractivity contribution in [2.45, 2.75) is 31.8 Å². The maximum atomic E-state index is 11.9. The predicted octanol–water partition coefficient (Wildman–Crippen LogP) is 2.13. The molecule has 0 radical (unpaired) electrons. The number of carbonyl (C=O) groups is 1. The summed E-state index contributed by atoms with van der Waals surface area (Å²) >= 11 is 3.51. The third-order valence-electron chi connectivity index (χ3n) is 4.74. The van der Waals surface area contributed by atoms with Crippen LogP contribution in [0.2, 0.25) is 0 Å². The minimum absolute atomic E-state index is 0.205. The zero-order valence-electron chi connectivity index (χ0n) is 13.8. The molecule has 1 N–H and O–H groups in total. The average Bonchev–Trinajstić information content (AvgIpc) is 3.05. The first-order valence-corrected chi connectivity index (χ1v) is 9.10. The molecule has 25 heavy (non-hydrogen) atoms. The van der Waals surface area contributed by atoms with Gasteiger partial charge < -0.3 is 10.0 Å². The van der Waals surface area contributed by atoms with E-state index in [-0.39, 0.29) is 11.8 Å². The molecule has 0 spiro atoms. The van der Waals surface area contributed by atoms with Crippen molar-refractivity contribution < 1.29 is 9.90 Å². The van der Waals surface area contributed by atoms with Gasteiger partial charge in [0.05, 0.1) is 17.2 Å². The average molecular weight is 404 g/mol. The molecule has 7 nitrogen and oxygen atoms in total. The minimum Gasteiger partial charge on any atom is -0.384 e. The molecule has 1 saturated heterocycles. The van der Waals surface area contributed by atoms with E-state index >= 15 is 0 Å². The number of benzene rings is 1. The lowest BCUT2D eigenvalue weighted by atomic mass is 9.95. The molecule has 1 aromatic carbocycles. The quantitative estimate of drug-likeness (QED) is 0.708. The van der Waals surface area contributed by atoms with Crippen molar-refractivity contribution in [3.05, 3.63) is 34.7 Å². The van der Waals surface area contributed by atoms with E-state index in [1.807, 2.05) is 18.2 Å². The molecular formula is C17H18BrN5O2. The van der Waals surface area contributed by atoms with Crippen LogP contribution in [0.25, 0.3) is 16.7 Å². The Balaban J connectivity index is 1.69. The third-order valence-corrected chi connectivity index (χ3v) is 5.23. The van der Waals surface area contributed by atoms with Crippen molar-refractivity contribution >= 4 is 38.5 Å². The summed E-state index contributed by atoms with van der Waals surface area (Å²) in [5.74, 6) is 0.922. The Kier molecular flexibility index (Phi) is 4.16. The van der Waals surface area contributed by atoms with Crippen molar-refractivity contribution in [1.82, 2.24) is 24.5 Å². The summed E-state index contributed by atoms with van der Waals surface area (Å²) in [6.07, 6.45) is 2.39. The topological polar surface area (TPSA) is 83.6 Å². The molecular weight excluding hydrogens is 386 g/mol. The molecule has 1 amide bonds. The lowest BCUT2D eigenvalue weighted by Crippen LogP contribution is -2.42. The van der Waals surface area contributed by atoms with Gasteiger partial charge in [0.15, 0.2) is 5.65 Å². The van der Waals surface area contributed by atoms with E-state index in [4.69, 9.17) is 0 Å². The number of nitrogens with zero attached hydrogens (tertiary/aromatic N) is 5. The Morgan fingerprint density at radius 3 is 2.80 bits per heavy atom. The van der Waals surface area contributed by atoms with Gasteiger partial charge in [-0.25, -0.2) is 0 Å². The fourth-order valence-corrected chi connectivity index (χ4v) is 3.79. The molecule has 0 aliphatic carbocycles. The lowest BCUT2D eigenvalue weighted by molar-refractivity contribution is -0.140. The van der Waals surface area contributed by atoms with Gasteiger partial charge in [-0.2, -0.15) is 0 Å². The predicted molar refractivity (Wildman–Crippen MR) is 96.2 cm³/mol. The van der Waals surface area contributed by atoms with E-state index in [0.29, 0.717) is 13.1 Å². The molecule has 4 rings (SSSR count). The highest BCUT2D eigenvalue weighted by Gasteiger charge is 2.28. The molecule has 1 fully saturated rings. The number of aromatic nitrogens is 4. The molecule has 1 aliphatic rings. The first-order chi connectivity index (χ1) is 12.0. The maximum absolute atomic E-state index is 11.9. The minimum atomic E-state index is -0.946. The Morgan fingerprint density at radius 1 is 1.32 bits per heavy atom. The number of piperidine rings is 1. The van der Waals surface area contributed by atoms with Crippen molar-refractivity contribution in [3.63, 3.8) is 0 Å². The van der Waals surface area contributed by atoms with Crippen molar-refractivity contribution in [2.24, 2.45) is 0 Å². The maximum Gasteiger partial charge on any atom is 0.251 e. The van der Waals surface area contributed by atoms with Crippen LogP contribution in [-0.4, -0.2) is 54.7 Å². The van der Waals surface area contributed by atoms with Gasteiger partial charge in [-0.05, 0) is 38.0 Å². The summed E-state index contributed by atoms with van der Waals surface area (Å²) in [7, 11) is 0. The molecule has 0 saturated carbocycles. The van der Waals surface area contributed by atoms with Crippen LogP contribution >= 0.6 is 15.9 Å². The van der Waals surface area contributed by atoms with Crippen LogP contribution in [0.15, 0.2) is 28.9 Å². The Labute approximate surface area is 152 Å². The monoisotopic (exact) mass is 403 g/mol. The van der Waals surface area contributed by atoms with Crippen LogP contribution in [0.5, 0.6) is 0 Å². The van der Waals surface area contributed by atoms with Crippen LogP contribution in [0.4, 0.5) is 0 Å². The van der Waals surface area contributed by atoms with E-state index in [0.717, 1.165) is 39.8 Å². The van der Waals surface area contributed by atoms with E-state index in [2.05, 4.69) is 35.5 Å². The largest absolute Gasteiger partial charge is 0.384 e. The van der Waals surface area contributed by atoms with Gasteiger partial charge in [0.2, 0.25) is 0 Å². The molecule has 0 bridgehead atoms. The Bertz CT molecular complexity index is 947. The van der Waals surface area contributed by atoms with Gasteiger partial charge in [0, 0.05) is 23.5 Å². The number of hydrogen-bond acceptors (Lipinski definition) is 5. The summed E-state index contributed by atoms with van der Waals surface area (Å²) < 4.78 is 3.04. The third kappa shape index (κ3) is 2.89. The number of amides is 1. The fraction of sp³-hybridized carbons (Fsp3) is 0.412. The van der Waals surface area contributed by atoms with Crippen LogP contribution in [0, 0.1) is 0 Å². The number of hydrogen-bond donors (Lipinski definition) is 1. The second-order valence-electron chi connectivity index (χ2n) is 6.42. The van der Waals surface area contributed by atoms with Gasteiger partial charge in [-0.3, -0.25) is 14.2 Å². The number of aliphatic hydroxyl groups excluding tert-OH is 1. The Hall–Kier alpha value is -2.06. The molecule has 3 aromatic rings. The van der Waals surface area contributed by atoms with Crippen LogP contribution in [-0.2, 0) is 4.79 Å². The molecule has 1 aliphatic heterocycles. The second kappa shape index (κ2) is 6.34. The summed E-state index contributed by atoms with van der Waals surface area (Å²) in [4.78, 5) is 18.1. The second-order valence-corrected chi connectivity index (χ2v) is 7.33. The van der Waals surface area contributed by atoms with Crippen LogP contribution in [0.1, 0.15) is 31.5 Å². The number of aliphatic hydroxyl groups is 1. The van der Waals surface area contributed by atoms with Crippen LogP contribution in [0.3, 0.4) is 0 Å². The highest BCUT2D eigenvalue weighted by atomic mass is 79.9. The molecule has 1 atom stereocenters. The molecule has 130 valence electrons. The first kappa shape index (κ1) is 16.4. The molecule has 2 aromatic heterocycles. The highest BCUT2D eigenvalue weighted by molar-refractivity contribution is 9.10. The van der Waals surface area contributed by atoms with Crippen molar-refractivity contribution in [1.29, 1.82) is 0 Å². The Morgan fingerprint density at radius 2 is 2.08 bits per heavy atom. The van der Waals surface area contributed by atoms with Gasteiger partial charge >= 0.3 is 0 Å². The highest BCUT2D eigenvalue weighted by Crippen LogP contribution is 2.29. The SMILES string of the molecule is CC(O)C(=O)N1CCC(c2nnc3cnc4ccc(Br)cc4n23)CC1. The summed E-state index contributed by atoms with van der Waals surface area (Å²) in [6, 6.07) is 5.95. The summed E-state index contributed by atoms with van der Waals surface area (Å²) in [5.41, 5.74) is 2.58. The molecule has 8 heteroatoms. The van der Waals surface area contributed by atoms with Gasteiger partial charge in [-0.1, -0.05) is 15.9 Å². The lowest BCUT2D eigenvalue weighted by Gasteiger charge is -2.32. The first-order valence-electron chi connectivity index (χ1n) is 8.31. The number of rotatable bonds is 2. The zero-order chi connectivity index (χ0) is 17.6. The standard InChI is InChI=1S/C17H18BrN5O2/c1-10(24)17(25)22-6-4-11(5-7-22)16-21-20-15-9-19-13-3-2-12(18)8-14(13)23(15)16/h2-3,8-11,24H,4-7H2,1H3. The summed E-state index contributed by atoms with van der Waals surface area (Å²) in [6.45, 7) is 2.75. The van der Waals surface area contributed by atoms with Gasteiger partial charge in [0.25, 0.3) is 5.91 Å². The van der Waals surface area contributed by atoms with Crippen molar-refractivity contribution in [3.8, 4) is 0 Å². The zero-order valence-corrected chi connectivity index (χ0v) is 15.3. The molecule has 1 unspecified atom stereocenters. The van der Waals surface area contributed by atoms with Crippen molar-refractivity contribution in [2.75, 3.05) is 13.1 Å². The number of carbonyl (C=O) groups excluding carboxylic acids is 1. The van der Waals surface area contributed by atoms with E-state index in [9.17, 15) is 9.90 Å². The number of likely N-dealkylation sites (tertiary alicyclic amines) is 1.